The molecule has 0 aliphatic carbocycles. The van der Waals surface area contributed by atoms with E-state index in [1.165, 1.54) is 0 Å². The van der Waals surface area contributed by atoms with E-state index in [0.717, 1.165) is 18.7 Å². The number of carboxylic acid groups (broad SMARTS) is 1. The summed E-state index contributed by atoms with van der Waals surface area (Å²) in [7, 11) is 2.03. The fraction of sp³-hybridized carbons (Fsp3) is 0.700. The van der Waals surface area contributed by atoms with Gasteiger partial charge in [0.15, 0.2) is 0 Å². The van der Waals surface area contributed by atoms with Gasteiger partial charge in [0.1, 0.15) is 0 Å². The van der Waals surface area contributed by atoms with Gasteiger partial charge in [-0.15, -0.1) is 0 Å². The highest BCUT2D eigenvalue weighted by molar-refractivity contribution is 5.88. The Hall–Kier alpha value is -0.830. The lowest BCUT2D eigenvalue weighted by Crippen LogP contribution is -2.31. The van der Waals surface area contributed by atoms with Crippen LogP contribution in [-0.4, -0.2) is 36.1 Å². The zero-order valence-corrected chi connectivity index (χ0v) is 8.50. The predicted octanol–water partition coefficient (Wildman–Crippen LogP) is 1.36. The van der Waals surface area contributed by atoms with Gasteiger partial charge in [0.25, 0.3) is 0 Å². The molecule has 1 rings (SSSR count). The lowest BCUT2D eigenvalue weighted by Gasteiger charge is -2.28. The monoisotopic (exact) mass is 183 g/mol. The van der Waals surface area contributed by atoms with Crippen LogP contribution in [0.5, 0.6) is 0 Å². The van der Waals surface area contributed by atoms with Crippen LogP contribution < -0.4 is 0 Å². The summed E-state index contributed by atoms with van der Waals surface area (Å²) in [6.45, 7) is 5.77. The number of carbonyl (C=O) groups is 1. The summed E-state index contributed by atoms with van der Waals surface area (Å²) < 4.78 is 0. The first-order valence-corrected chi connectivity index (χ1v) is 4.66. The number of likely N-dealkylation sites (N-methyl/N-ethyl adjacent to an activating group) is 1. The van der Waals surface area contributed by atoms with Crippen LogP contribution >= 0.6 is 0 Å². The minimum absolute atomic E-state index is 0.342. The van der Waals surface area contributed by atoms with Crippen LogP contribution in [-0.2, 0) is 4.79 Å². The molecule has 0 atom stereocenters. The van der Waals surface area contributed by atoms with Gasteiger partial charge in [0.2, 0.25) is 0 Å². The third-order valence-electron chi connectivity index (χ3n) is 2.53. The van der Waals surface area contributed by atoms with Gasteiger partial charge >= 0.3 is 5.97 Å². The summed E-state index contributed by atoms with van der Waals surface area (Å²) in [5, 5.41) is 8.97. The Morgan fingerprint density at radius 3 is 2.62 bits per heavy atom. The van der Waals surface area contributed by atoms with Crippen molar-refractivity contribution in [2.75, 3.05) is 20.1 Å². The molecule has 3 heteroatoms. The van der Waals surface area contributed by atoms with Crippen molar-refractivity contribution in [1.29, 1.82) is 0 Å². The first-order valence-electron chi connectivity index (χ1n) is 4.66. The molecule has 0 bridgehead atoms. The molecule has 0 radical (unpaired) electrons. The van der Waals surface area contributed by atoms with Crippen molar-refractivity contribution in [2.45, 2.75) is 20.3 Å². The molecule has 1 aliphatic heterocycles. The van der Waals surface area contributed by atoms with Crippen LogP contribution in [0.4, 0.5) is 0 Å². The minimum atomic E-state index is -0.739. The van der Waals surface area contributed by atoms with Gasteiger partial charge in [-0.25, -0.2) is 4.79 Å². The van der Waals surface area contributed by atoms with E-state index in [9.17, 15) is 4.79 Å². The van der Waals surface area contributed by atoms with Crippen molar-refractivity contribution in [3.05, 3.63) is 11.1 Å². The topological polar surface area (TPSA) is 40.5 Å². The Kier molecular flexibility index (Phi) is 3.09. The number of rotatable bonds is 2. The van der Waals surface area contributed by atoms with Crippen LogP contribution in [0, 0.1) is 5.92 Å². The lowest BCUT2D eigenvalue weighted by molar-refractivity contribution is -0.133. The maximum Gasteiger partial charge on any atom is 0.331 e. The standard InChI is InChI=1S/C10H17NO2/c1-7(2)9-6-11(3)5-4-8(9)10(12)13/h7H,4-6H2,1-3H3,(H,12,13). The maximum absolute atomic E-state index is 10.9. The van der Waals surface area contributed by atoms with Gasteiger partial charge in [0, 0.05) is 18.7 Å². The minimum Gasteiger partial charge on any atom is -0.478 e. The zero-order chi connectivity index (χ0) is 10.0. The van der Waals surface area contributed by atoms with E-state index in [0.29, 0.717) is 17.9 Å². The summed E-state index contributed by atoms with van der Waals surface area (Å²) in [4.78, 5) is 13.1. The maximum atomic E-state index is 10.9. The number of hydrogen-bond acceptors (Lipinski definition) is 2. The second-order valence-corrected chi connectivity index (χ2v) is 3.95. The molecule has 13 heavy (non-hydrogen) atoms. The van der Waals surface area contributed by atoms with Crippen molar-refractivity contribution >= 4 is 5.97 Å². The Bertz CT molecular complexity index is 243. The van der Waals surface area contributed by atoms with E-state index in [1.54, 1.807) is 0 Å². The van der Waals surface area contributed by atoms with Crippen molar-refractivity contribution < 1.29 is 9.90 Å². The average molecular weight is 183 g/mol. The molecule has 0 aromatic rings. The van der Waals surface area contributed by atoms with Crippen LogP contribution in [0.3, 0.4) is 0 Å². The van der Waals surface area contributed by atoms with E-state index < -0.39 is 5.97 Å². The molecule has 0 saturated carbocycles. The zero-order valence-electron chi connectivity index (χ0n) is 8.50. The van der Waals surface area contributed by atoms with Gasteiger partial charge in [-0.3, -0.25) is 0 Å². The van der Waals surface area contributed by atoms with Crippen LogP contribution in [0.2, 0.25) is 0 Å². The highest BCUT2D eigenvalue weighted by atomic mass is 16.4. The summed E-state index contributed by atoms with van der Waals surface area (Å²) in [5.74, 6) is -0.398. The molecule has 0 aromatic heterocycles. The van der Waals surface area contributed by atoms with Crippen molar-refractivity contribution in [1.82, 2.24) is 4.90 Å². The summed E-state index contributed by atoms with van der Waals surface area (Å²) >= 11 is 0. The third-order valence-corrected chi connectivity index (χ3v) is 2.53. The molecule has 0 unspecified atom stereocenters. The van der Waals surface area contributed by atoms with Gasteiger partial charge in [-0.05, 0) is 25.0 Å². The highest BCUT2D eigenvalue weighted by Gasteiger charge is 2.22. The molecule has 0 spiro atoms. The van der Waals surface area contributed by atoms with E-state index in [2.05, 4.69) is 18.7 Å². The second-order valence-electron chi connectivity index (χ2n) is 3.95. The van der Waals surface area contributed by atoms with Crippen molar-refractivity contribution in [2.24, 2.45) is 5.92 Å². The van der Waals surface area contributed by atoms with E-state index in [-0.39, 0.29) is 0 Å². The predicted molar refractivity (Wildman–Crippen MR) is 51.6 cm³/mol. The normalized spacial score (nSPS) is 19.7. The molecule has 0 aromatic carbocycles. The summed E-state index contributed by atoms with van der Waals surface area (Å²) in [6, 6.07) is 0. The van der Waals surface area contributed by atoms with Crippen molar-refractivity contribution in [3.63, 3.8) is 0 Å². The smallest absolute Gasteiger partial charge is 0.331 e. The number of aliphatic carboxylic acids is 1. The molecule has 1 N–H and O–H groups in total. The van der Waals surface area contributed by atoms with Gasteiger partial charge < -0.3 is 10.0 Å². The molecule has 0 saturated heterocycles. The van der Waals surface area contributed by atoms with E-state index in [4.69, 9.17) is 5.11 Å². The largest absolute Gasteiger partial charge is 0.478 e. The molecule has 1 aliphatic rings. The molecule has 1 heterocycles. The first kappa shape index (κ1) is 10.3. The Balaban J connectivity index is 2.94. The van der Waals surface area contributed by atoms with E-state index >= 15 is 0 Å². The summed E-state index contributed by atoms with van der Waals surface area (Å²) in [6.07, 6.45) is 0.680. The van der Waals surface area contributed by atoms with Crippen molar-refractivity contribution in [3.8, 4) is 0 Å². The molecular formula is C10H17NO2. The second kappa shape index (κ2) is 3.92. The molecule has 74 valence electrons. The van der Waals surface area contributed by atoms with Crippen LogP contribution in [0.15, 0.2) is 11.1 Å². The van der Waals surface area contributed by atoms with Crippen LogP contribution in [0.1, 0.15) is 20.3 Å². The molecule has 0 fully saturated rings. The molecule has 0 amide bonds. The van der Waals surface area contributed by atoms with Gasteiger partial charge in [-0.2, -0.15) is 0 Å². The quantitative estimate of drug-likeness (QED) is 0.702. The Morgan fingerprint density at radius 1 is 1.54 bits per heavy atom. The number of carboxylic acids is 1. The van der Waals surface area contributed by atoms with Crippen LogP contribution in [0.25, 0.3) is 0 Å². The summed E-state index contributed by atoms with van der Waals surface area (Å²) in [5.41, 5.74) is 1.72. The SMILES string of the molecule is CC(C)C1=C(C(=O)O)CCN(C)C1. The fourth-order valence-electron chi connectivity index (χ4n) is 1.70. The third kappa shape index (κ3) is 2.31. The first-order chi connectivity index (χ1) is 6.02. The van der Waals surface area contributed by atoms with E-state index in [1.807, 2.05) is 7.05 Å². The molecular weight excluding hydrogens is 166 g/mol. The van der Waals surface area contributed by atoms with Gasteiger partial charge in [-0.1, -0.05) is 13.8 Å². The fourth-order valence-corrected chi connectivity index (χ4v) is 1.70. The lowest BCUT2D eigenvalue weighted by atomic mass is 9.92. The molecule has 3 nitrogen and oxygen atoms in total. The highest BCUT2D eigenvalue weighted by Crippen LogP contribution is 2.23. The van der Waals surface area contributed by atoms with Gasteiger partial charge in [0.05, 0.1) is 0 Å². The Labute approximate surface area is 79.0 Å². The number of hydrogen-bond donors (Lipinski definition) is 1. The average Bonchev–Trinajstić information content (AvgIpc) is 2.03. The Morgan fingerprint density at radius 2 is 2.15 bits per heavy atom. The number of nitrogens with zero attached hydrogens (tertiary/aromatic N) is 1.